The van der Waals surface area contributed by atoms with Crippen LogP contribution in [0.1, 0.15) is 34.6 Å². The zero-order valence-electron chi connectivity index (χ0n) is 12.6. The van der Waals surface area contributed by atoms with Gasteiger partial charge in [0.05, 0.1) is 15.6 Å². The molecule has 0 N–H and O–H groups in total. The van der Waals surface area contributed by atoms with Crippen molar-refractivity contribution in [1.82, 2.24) is 0 Å². The third-order valence-corrected chi connectivity index (χ3v) is 5.67. The molecule has 0 saturated heterocycles. The predicted octanol–water partition coefficient (Wildman–Crippen LogP) is 2.36. The molecular weight excluding hydrogens is 252 g/mol. The van der Waals surface area contributed by atoms with Crippen LogP contribution in [-0.2, 0) is 9.53 Å². The number of esters is 1. The summed E-state index contributed by atoms with van der Waals surface area (Å²) in [5.41, 5.74) is 0.805. The Morgan fingerprint density at radius 1 is 1.11 bits per heavy atom. The number of carbonyl (C=O) groups is 1. The van der Waals surface area contributed by atoms with Crippen molar-refractivity contribution < 1.29 is 9.53 Å². The number of rotatable bonds is 5. The second kappa shape index (κ2) is 7.29. The van der Waals surface area contributed by atoms with Gasteiger partial charge in [-0.25, -0.2) is 4.79 Å². The molecule has 0 fully saturated rings. The summed E-state index contributed by atoms with van der Waals surface area (Å²) < 4.78 is 5.31. The Hall–Kier alpha value is -1.35. The Bertz CT molecular complexity index is 447. The topological polar surface area (TPSA) is 26.3 Å². The van der Waals surface area contributed by atoms with Gasteiger partial charge < -0.3 is 4.74 Å². The van der Waals surface area contributed by atoms with Crippen LogP contribution in [0.25, 0.3) is 0 Å². The van der Waals surface area contributed by atoms with Gasteiger partial charge in [0.25, 0.3) is 0 Å². The van der Waals surface area contributed by atoms with Gasteiger partial charge in [-0.1, -0.05) is 54.6 Å². The Morgan fingerprint density at radius 2 is 1.68 bits per heavy atom. The molecule has 3 heteroatoms. The highest BCUT2D eigenvalue weighted by Crippen LogP contribution is 2.15. The molecule has 0 amide bonds. The second-order valence-electron chi connectivity index (χ2n) is 5.42. The lowest BCUT2D eigenvalue weighted by molar-refractivity contribution is -0.142. The number of hydrogen-bond donors (Lipinski definition) is 0. The molecule has 104 valence electrons. The summed E-state index contributed by atoms with van der Waals surface area (Å²) in [5.74, 6) is 0.230. The lowest BCUT2D eigenvalue weighted by Crippen LogP contribution is -2.23. The number of allylic oxidation sites excluding steroid dienone is 1. The summed E-state index contributed by atoms with van der Waals surface area (Å²) in [7, 11) is -0.590. The molecule has 2 nitrogen and oxygen atoms in total. The van der Waals surface area contributed by atoms with Crippen LogP contribution in [-0.4, -0.2) is 21.6 Å². The van der Waals surface area contributed by atoms with Gasteiger partial charge >= 0.3 is 5.97 Å². The van der Waals surface area contributed by atoms with Crippen LogP contribution >= 0.6 is 0 Å². The SMILES string of the molecule is CC(C(=O)OC(C)C)=C([SiH2]c1ccccc1)C(C)C. The summed E-state index contributed by atoms with van der Waals surface area (Å²) >= 11 is 0. The molecule has 0 saturated carbocycles. The standard InChI is InChI=1S/C16H24O2Si/c1-11(2)15(13(5)16(17)18-12(3)4)19-14-9-7-6-8-10-14/h6-12H,19H2,1-5H3. The van der Waals surface area contributed by atoms with Crippen molar-refractivity contribution in [3.8, 4) is 0 Å². The highest BCUT2D eigenvalue weighted by molar-refractivity contribution is 6.61. The van der Waals surface area contributed by atoms with Crippen molar-refractivity contribution in [3.63, 3.8) is 0 Å². The molecular formula is C16H24O2Si. The molecule has 19 heavy (non-hydrogen) atoms. The summed E-state index contributed by atoms with van der Waals surface area (Å²) in [4.78, 5) is 12.0. The maximum absolute atomic E-state index is 12.0. The van der Waals surface area contributed by atoms with Gasteiger partial charge in [-0.2, -0.15) is 0 Å². The first-order valence-corrected chi connectivity index (χ1v) is 8.27. The molecule has 0 aliphatic carbocycles. The van der Waals surface area contributed by atoms with Gasteiger partial charge in [-0.05, 0) is 26.7 Å². The smallest absolute Gasteiger partial charge is 0.333 e. The largest absolute Gasteiger partial charge is 0.460 e. The van der Waals surface area contributed by atoms with Gasteiger partial charge in [0.2, 0.25) is 0 Å². The Morgan fingerprint density at radius 3 is 2.16 bits per heavy atom. The highest BCUT2D eigenvalue weighted by atomic mass is 28.2. The fourth-order valence-electron chi connectivity index (χ4n) is 2.02. The van der Waals surface area contributed by atoms with Crippen LogP contribution in [0.2, 0.25) is 0 Å². The minimum absolute atomic E-state index is 0.0609. The van der Waals surface area contributed by atoms with E-state index >= 15 is 0 Å². The molecule has 1 rings (SSSR count). The van der Waals surface area contributed by atoms with E-state index < -0.39 is 9.52 Å². The number of carbonyl (C=O) groups excluding carboxylic acids is 1. The van der Waals surface area contributed by atoms with Crippen molar-refractivity contribution in [2.75, 3.05) is 0 Å². The maximum atomic E-state index is 12.0. The van der Waals surface area contributed by atoms with Crippen molar-refractivity contribution in [1.29, 1.82) is 0 Å². The summed E-state index contributed by atoms with van der Waals surface area (Å²) in [6.07, 6.45) is -0.0609. The molecule has 0 atom stereocenters. The van der Waals surface area contributed by atoms with Crippen LogP contribution in [0.4, 0.5) is 0 Å². The van der Waals surface area contributed by atoms with Crippen LogP contribution < -0.4 is 5.19 Å². The van der Waals surface area contributed by atoms with Gasteiger partial charge in [-0.3, -0.25) is 0 Å². The average Bonchev–Trinajstić information content (AvgIpc) is 2.35. The third-order valence-electron chi connectivity index (χ3n) is 3.06. The first-order valence-electron chi connectivity index (χ1n) is 6.86. The number of hydrogen-bond acceptors (Lipinski definition) is 2. The Balaban J connectivity index is 2.96. The number of benzene rings is 1. The summed E-state index contributed by atoms with van der Waals surface area (Å²) in [5, 5.41) is 2.65. The van der Waals surface area contributed by atoms with Gasteiger partial charge in [0, 0.05) is 5.57 Å². The summed E-state index contributed by atoms with van der Waals surface area (Å²) in [6.45, 7) is 9.97. The minimum atomic E-state index is -0.590. The number of ether oxygens (including phenoxy) is 1. The normalized spacial score (nSPS) is 13.2. The molecule has 0 spiro atoms. The highest BCUT2D eigenvalue weighted by Gasteiger charge is 2.16. The third kappa shape index (κ3) is 5.03. The average molecular weight is 276 g/mol. The lowest BCUT2D eigenvalue weighted by atomic mass is 10.1. The Kier molecular flexibility index (Phi) is 6.02. The fraction of sp³-hybridized carbons (Fsp3) is 0.438. The van der Waals surface area contributed by atoms with E-state index in [0.29, 0.717) is 5.92 Å². The molecule has 0 aromatic heterocycles. The predicted molar refractivity (Wildman–Crippen MR) is 83.4 cm³/mol. The van der Waals surface area contributed by atoms with Crippen LogP contribution in [0.15, 0.2) is 41.1 Å². The maximum Gasteiger partial charge on any atom is 0.333 e. The van der Waals surface area contributed by atoms with Crippen molar-refractivity contribution >= 4 is 20.7 Å². The molecule has 1 aromatic carbocycles. The fourth-order valence-corrected chi connectivity index (χ4v) is 3.78. The Labute approximate surface area is 118 Å². The van der Waals surface area contributed by atoms with Crippen LogP contribution in [0.3, 0.4) is 0 Å². The first kappa shape index (κ1) is 15.7. The summed E-state index contributed by atoms with van der Waals surface area (Å²) in [6, 6.07) is 10.4. The zero-order chi connectivity index (χ0) is 14.4. The molecule has 0 aliphatic rings. The zero-order valence-corrected chi connectivity index (χ0v) is 14.0. The van der Waals surface area contributed by atoms with Gasteiger partial charge in [0.1, 0.15) is 0 Å². The van der Waals surface area contributed by atoms with Crippen LogP contribution in [0, 0.1) is 5.92 Å². The van der Waals surface area contributed by atoms with Crippen molar-refractivity contribution in [3.05, 3.63) is 41.1 Å². The molecule has 0 heterocycles. The van der Waals surface area contributed by atoms with E-state index in [-0.39, 0.29) is 12.1 Å². The van der Waals surface area contributed by atoms with Gasteiger partial charge in [-0.15, -0.1) is 0 Å². The minimum Gasteiger partial charge on any atom is -0.460 e. The van der Waals surface area contributed by atoms with Crippen molar-refractivity contribution in [2.24, 2.45) is 5.92 Å². The van der Waals surface area contributed by atoms with Crippen LogP contribution in [0.5, 0.6) is 0 Å². The van der Waals surface area contributed by atoms with E-state index in [2.05, 4.69) is 38.1 Å². The monoisotopic (exact) mass is 276 g/mol. The quantitative estimate of drug-likeness (QED) is 0.469. The van der Waals surface area contributed by atoms with Crippen molar-refractivity contribution in [2.45, 2.75) is 40.7 Å². The molecule has 0 unspecified atom stereocenters. The molecule has 0 radical (unpaired) electrons. The molecule has 0 bridgehead atoms. The van der Waals surface area contributed by atoms with E-state index in [9.17, 15) is 4.79 Å². The van der Waals surface area contributed by atoms with E-state index in [1.54, 1.807) is 0 Å². The van der Waals surface area contributed by atoms with E-state index in [0.717, 1.165) is 5.57 Å². The lowest BCUT2D eigenvalue weighted by Gasteiger charge is -2.16. The van der Waals surface area contributed by atoms with E-state index in [4.69, 9.17) is 4.74 Å². The van der Waals surface area contributed by atoms with E-state index in [1.165, 1.54) is 10.4 Å². The van der Waals surface area contributed by atoms with Gasteiger partial charge in [0.15, 0.2) is 0 Å². The van der Waals surface area contributed by atoms with E-state index in [1.807, 2.05) is 26.8 Å². The first-order chi connectivity index (χ1) is 8.91. The molecule has 0 aliphatic heterocycles. The second-order valence-corrected chi connectivity index (χ2v) is 7.35. The molecule has 1 aromatic rings.